The molecule has 0 bridgehead atoms. The second kappa shape index (κ2) is 5.39. The van der Waals surface area contributed by atoms with Crippen molar-refractivity contribution >= 4 is 11.6 Å². The first-order chi connectivity index (χ1) is 9.08. The number of benzene rings is 1. The highest BCUT2D eigenvalue weighted by Gasteiger charge is 2.15. The molecule has 1 atom stereocenters. The summed E-state index contributed by atoms with van der Waals surface area (Å²) in [5.41, 5.74) is 12.4. The summed E-state index contributed by atoms with van der Waals surface area (Å²) in [6.07, 6.45) is 1.19. The van der Waals surface area contributed by atoms with E-state index in [1.165, 1.54) is 12.3 Å². The minimum atomic E-state index is -0.616. The summed E-state index contributed by atoms with van der Waals surface area (Å²) in [6.45, 7) is 1.87. The van der Waals surface area contributed by atoms with Crippen LogP contribution in [0.1, 0.15) is 28.9 Å². The molecule has 5 heteroatoms. The lowest BCUT2D eigenvalue weighted by Crippen LogP contribution is -2.15. The van der Waals surface area contributed by atoms with Crippen LogP contribution in [-0.4, -0.2) is 10.9 Å². The fourth-order valence-electron chi connectivity index (χ4n) is 1.70. The van der Waals surface area contributed by atoms with Crippen LogP contribution in [0.15, 0.2) is 42.6 Å². The number of nitrogens with two attached hydrogens (primary N) is 2. The summed E-state index contributed by atoms with van der Waals surface area (Å²) in [6, 6.07) is 11.1. The van der Waals surface area contributed by atoms with Gasteiger partial charge in [-0.15, -0.1) is 0 Å². The van der Waals surface area contributed by atoms with Crippen molar-refractivity contribution in [3.8, 4) is 5.88 Å². The molecule has 0 saturated heterocycles. The number of pyridine rings is 1. The van der Waals surface area contributed by atoms with Crippen LogP contribution >= 0.6 is 0 Å². The van der Waals surface area contributed by atoms with Gasteiger partial charge >= 0.3 is 0 Å². The number of nitrogens with zero attached hydrogens (tertiary/aromatic N) is 1. The van der Waals surface area contributed by atoms with Crippen LogP contribution in [0.5, 0.6) is 5.88 Å². The third kappa shape index (κ3) is 3.01. The van der Waals surface area contributed by atoms with Gasteiger partial charge in [-0.05, 0) is 18.6 Å². The van der Waals surface area contributed by atoms with Crippen LogP contribution in [0.25, 0.3) is 0 Å². The van der Waals surface area contributed by atoms with Gasteiger partial charge in [-0.1, -0.05) is 30.3 Å². The normalized spacial score (nSPS) is 11.8. The Balaban J connectivity index is 2.26. The van der Waals surface area contributed by atoms with Crippen LogP contribution < -0.4 is 16.2 Å². The smallest absolute Gasteiger partial charge is 0.254 e. The monoisotopic (exact) mass is 257 g/mol. The topological polar surface area (TPSA) is 91.2 Å². The van der Waals surface area contributed by atoms with E-state index in [9.17, 15) is 4.79 Å². The molecule has 0 spiro atoms. The SMILES string of the molecule is CC(Oc1ncc(N)cc1C(N)=O)c1ccccc1. The molecule has 98 valence electrons. The molecule has 1 unspecified atom stereocenters. The molecule has 2 aromatic rings. The van der Waals surface area contributed by atoms with Gasteiger partial charge in [-0.2, -0.15) is 0 Å². The highest BCUT2D eigenvalue weighted by molar-refractivity contribution is 5.95. The molecular formula is C14H15N3O2. The molecule has 1 heterocycles. The summed E-state index contributed by atoms with van der Waals surface area (Å²) >= 11 is 0. The largest absolute Gasteiger partial charge is 0.469 e. The maximum Gasteiger partial charge on any atom is 0.254 e. The Morgan fingerprint density at radius 2 is 2.00 bits per heavy atom. The lowest BCUT2D eigenvalue weighted by Gasteiger charge is -2.16. The van der Waals surface area contributed by atoms with Gasteiger partial charge in [0.25, 0.3) is 5.91 Å². The molecule has 0 aliphatic rings. The van der Waals surface area contributed by atoms with Crippen molar-refractivity contribution in [2.45, 2.75) is 13.0 Å². The molecule has 0 aliphatic heterocycles. The number of hydrogen-bond donors (Lipinski definition) is 2. The van der Waals surface area contributed by atoms with Gasteiger partial charge in [0.05, 0.1) is 11.9 Å². The average Bonchev–Trinajstić information content (AvgIpc) is 2.41. The van der Waals surface area contributed by atoms with Crippen molar-refractivity contribution in [2.75, 3.05) is 5.73 Å². The van der Waals surface area contributed by atoms with Gasteiger partial charge in [0.2, 0.25) is 5.88 Å². The van der Waals surface area contributed by atoms with Gasteiger partial charge in [-0.3, -0.25) is 4.79 Å². The number of anilines is 1. The number of amides is 1. The summed E-state index contributed by atoms with van der Waals surface area (Å²) in [5.74, 6) is -0.423. The van der Waals surface area contributed by atoms with Crippen molar-refractivity contribution < 1.29 is 9.53 Å². The quantitative estimate of drug-likeness (QED) is 0.875. The van der Waals surface area contributed by atoms with Crippen molar-refractivity contribution in [1.82, 2.24) is 4.98 Å². The number of carbonyl (C=O) groups is 1. The molecule has 19 heavy (non-hydrogen) atoms. The molecule has 4 N–H and O–H groups in total. The Kier molecular flexibility index (Phi) is 3.66. The third-order valence-electron chi connectivity index (χ3n) is 2.70. The summed E-state index contributed by atoms with van der Waals surface area (Å²) < 4.78 is 5.68. The van der Waals surface area contributed by atoms with E-state index in [2.05, 4.69) is 4.98 Å². The van der Waals surface area contributed by atoms with E-state index in [1.54, 1.807) is 0 Å². The van der Waals surface area contributed by atoms with Crippen LogP contribution in [0, 0.1) is 0 Å². The Bertz CT molecular complexity index is 584. The lowest BCUT2D eigenvalue weighted by molar-refractivity contribution is 0.0992. The second-order valence-electron chi connectivity index (χ2n) is 4.16. The van der Waals surface area contributed by atoms with Gasteiger partial charge in [0.15, 0.2) is 0 Å². The van der Waals surface area contributed by atoms with Crippen LogP contribution in [0.2, 0.25) is 0 Å². The first-order valence-corrected chi connectivity index (χ1v) is 5.85. The number of ether oxygens (including phenoxy) is 1. The average molecular weight is 257 g/mol. The summed E-state index contributed by atoms with van der Waals surface area (Å²) in [5, 5.41) is 0. The molecule has 5 nitrogen and oxygen atoms in total. The number of hydrogen-bond acceptors (Lipinski definition) is 4. The van der Waals surface area contributed by atoms with E-state index in [-0.39, 0.29) is 17.5 Å². The third-order valence-corrected chi connectivity index (χ3v) is 2.70. The van der Waals surface area contributed by atoms with Crippen LogP contribution in [-0.2, 0) is 0 Å². The van der Waals surface area contributed by atoms with E-state index in [1.807, 2.05) is 37.3 Å². The number of rotatable bonds is 4. The van der Waals surface area contributed by atoms with Crippen LogP contribution in [0.3, 0.4) is 0 Å². The molecule has 0 aliphatic carbocycles. The molecule has 0 radical (unpaired) electrons. The standard InChI is InChI=1S/C14H15N3O2/c1-9(10-5-3-2-4-6-10)19-14-12(13(16)18)7-11(15)8-17-14/h2-9H,15H2,1H3,(H2,16,18). The highest BCUT2D eigenvalue weighted by atomic mass is 16.5. The number of nitrogen functional groups attached to an aromatic ring is 1. The summed E-state index contributed by atoms with van der Waals surface area (Å²) in [7, 11) is 0. The van der Waals surface area contributed by atoms with Gasteiger partial charge in [0, 0.05) is 0 Å². The van der Waals surface area contributed by atoms with Gasteiger partial charge in [-0.25, -0.2) is 4.98 Å². The van der Waals surface area contributed by atoms with Crippen molar-refractivity contribution in [2.24, 2.45) is 5.73 Å². The molecule has 0 saturated carbocycles. The molecule has 2 rings (SSSR count). The first-order valence-electron chi connectivity index (χ1n) is 5.85. The molecule has 1 aromatic carbocycles. The second-order valence-corrected chi connectivity index (χ2v) is 4.16. The molecular weight excluding hydrogens is 242 g/mol. The molecule has 0 fully saturated rings. The minimum Gasteiger partial charge on any atom is -0.469 e. The fraction of sp³-hybridized carbons (Fsp3) is 0.143. The molecule has 1 amide bonds. The Hall–Kier alpha value is -2.56. The Morgan fingerprint density at radius 3 is 2.63 bits per heavy atom. The maximum atomic E-state index is 11.3. The summed E-state index contributed by atoms with van der Waals surface area (Å²) in [4.78, 5) is 15.4. The zero-order chi connectivity index (χ0) is 13.8. The van der Waals surface area contributed by atoms with Crippen molar-refractivity contribution in [1.29, 1.82) is 0 Å². The Morgan fingerprint density at radius 1 is 1.32 bits per heavy atom. The predicted molar refractivity (Wildman–Crippen MR) is 72.7 cm³/mol. The fourth-order valence-corrected chi connectivity index (χ4v) is 1.70. The highest BCUT2D eigenvalue weighted by Crippen LogP contribution is 2.24. The van der Waals surface area contributed by atoms with Crippen LogP contribution in [0.4, 0.5) is 5.69 Å². The Labute approximate surface area is 111 Å². The zero-order valence-electron chi connectivity index (χ0n) is 10.5. The van der Waals surface area contributed by atoms with Crippen molar-refractivity contribution in [3.05, 3.63) is 53.7 Å². The number of aromatic nitrogens is 1. The lowest BCUT2D eigenvalue weighted by atomic mass is 10.1. The van der Waals surface area contributed by atoms with Gasteiger partial charge in [0.1, 0.15) is 11.7 Å². The van der Waals surface area contributed by atoms with E-state index >= 15 is 0 Å². The van der Waals surface area contributed by atoms with Crippen molar-refractivity contribution in [3.63, 3.8) is 0 Å². The number of carbonyl (C=O) groups excluding carboxylic acids is 1. The molecule has 1 aromatic heterocycles. The first kappa shape index (κ1) is 12.9. The van der Waals surface area contributed by atoms with E-state index in [4.69, 9.17) is 16.2 Å². The van der Waals surface area contributed by atoms with E-state index < -0.39 is 5.91 Å². The van der Waals surface area contributed by atoms with E-state index in [0.717, 1.165) is 5.56 Å². The zero-order valence-corrected chi connectivity index (χ0v) is 10.5. The number of primary amides is 1. The minimum absolute atomic E-state index is 0.183. The maximum absolute atomic E-state index is 11.3. The van der Waals surface area contributed by atoms with E-state index in [0.29, 0.717) is 5.69 Å². The predicted octanol–water partition coefficient (Wildman–Crippen LogP) is 1.90. The van der Waals surface area contributed by atoms with Gasteiger partial charge < -0.3 is 16.2 Å².